The van der Waals surface area contributed by atoms with Crippen molar-refractivity contribution < 1.29 is 18.0 Å². The number of amides is 2. The summed E-state index contributed by atoms with van der Waals surface area (Å²) in [4.78, 5) is 25.6. The van der Waals surface area contributed by atoms with Gasteiger partial charge >= 0.3 is 6.03 Å². The number of aromatic nitrogens is 2. The van der Waals surface area contributed by atoms with Gasteiger partial charge in [-0.05, 0) is 37.3 Å². The summed E-state index contributed by atoms with van der Waals surface area (Å²) in [5, 5.41) is 17.4. The number of hydrogen-bond acceptors (Lipinski definition) is 4. The minimum Gasteiger partial charge on any atom is -0.319 e. The number of H-pyrrole nitrogens is 1. The Kier molecular flexibility index (Phi) is 5.23. The second-order valence-corrected chi connectivity index (χ2v) is 6.27. The van der Waals surface area contributed by atoms with Gasteiger partial charge in [0.1, 0.15) is 11.9 Å². The lowest BCUT2D eigenvalue weighted by Crippen LogP contribution is -2.34. The highest BCUT2D eigenvalue weighted by Crippen LogP contribution is 2.26. The van der Waals surface area contributed by atoms with E-state index in [1.807, 2.05) is 0 Å². The van der Waals surface area contributed by atoms with Crippen LogP contribution in [0.1, 0.15) is 24.2 Å². The number of benzene rings is 2. The molecule has 0 aliphatic carbocycles. The highest BCUT2D eigenvalue weighted by Gasteiger charge is 2.23. The van der Waals surface area contributed by atoms with E-state index in [0.717, 1.165) is 18.2 Å². The summed E-state index contributed by atoms with van der Waals surface area (Å²) in [6.45, 7) is 1.58. The number of carbonyl (C=O) groups is 1. The summed E-state index contributed by atoms with van der Waals surface area (Å²) >= 11 is 0. The van der Waals surface area contributed by atoms with E-state index < -0.39 is 35.1 Å². The van der Waals surface area contributed by atoms with E-state index in [1.54, 1.807) is 13.0 Å². The molecule has 3 aromatic rings. The van der Waals surface area contributed by atoms with Crippen LogP contribution >= 0.6 is 0 Å². The molecule has 0 saturated heterocycles. The molecule has 0 spiro atoms. The number of nitrogens with one attached hydrogen (secondary N) is 2. The molecule has 10 heteroatoms. The molecule has 0 radical (unpaired) electrons. The number of carbonyl (C=O) groups excluding carboxylic acids is 1. The van der Waals surface area contributed by atoms with Crippen LogP contribution in [0.2, 0.25) is 0 Å². The van der Waals surface area contributed by atoms with E-state index in [2.05, 4.69) is 15.5 Å². The second kappa shape index (κ2) is 7.63. The molecular weight excluding hydrogens is 387 g/mol. The molecule has 0 saturated carbocycles. The van der Waals surface area contributed by atoms with Gasteiger partial charge in [0.05, 0.1) is 22.7 Å². The van der Waals surface area contributed by atoms with Crippen molar-refractivity contribution >= 4 is 22.5 Å². The van der Waals surface area contributed by atoms with Gasteiger partial charge in [0.25, 0.3) is 5.56 Å². The molecule has 2 amide bonds. The van der Waals surface area contributed by atoms with E-state index in [9.17, 15) is 22.8 Å². The van der Waals surface area contributed by atoms with Crippen molar-refractivity contribution in [2.75, 3.05) is 12.4 Å². The first kappa shape index (κ1) is 19.9. The number of aromatic amines is 1. The molecule has 1 heterocycles. The van der Waals surface area contributed by atoms with E-state index in [0.29, 0.717) is 0 Å². The molecular formula is C19H14F3N5O2. The topological polar surface area (TPSA) is 102 Å². The van der Waals surface area contributed by atoms with Gasteiger partial charge in [0.15, 0.2) is 11.6 Å². The fourth-order valence-corrected chi connectivity index (χ4v) is 2.76. The van der Waals surface area contributed by atoms with E-state index in [4.69, 9.17) is 5.26 Å². The van der Waals surface area contributed by atoms with Gasteiger partial charge in [-0.1, -0.05) is 0 Å². The van der Waals surface area contributed by atoms with Gasteiger partial charge in [0.2, 0.25) is 0 Å². The largest absolute Gasteiger partial charge is 0.322 e. The van der Waals surface area contributed by atoms with Crippen LogP contribution in [0.5, 0.6) is 0 Å². The molecule has 2 N–H and O–H groups in total. The maximum atomic E-state index is 13.7. The van der Waals surface area contributed by atoms with Crippen LogP contribution in [0.15, 0.2) is 35.1 Å². The van der Waals surface area contributed by atoms with E-state index in [1.165, 1.54) is 24.1 Å². The molecule has 0 fully saturated rings. The number of halogens is 3. The minimum absolute atomic E-state index is 0.0633. The van der Waals surface area contributed by atoms with Gasteiger partial charge in [-0.2, -0.15) is 10.4 Å². The third-order valence-corrected chi connectivity index (χ3v) is 4.49. The van der Waals surface area contributed by atoms with Gasteiger partial charge < -0.3 is 10.2 Å². The number of fused-ring (bicyclic) bond motifs is 1. The average molecular weight is 401 g/mol. The maximum Gasteiger partial charge on any atom is 0.322 e. The number of rotatable bonds is 3. The SMILES string of the molecule is C[C@@H](c1n[nH]c(=O)c2cc(F)c(F)cc12)N(C)C(=O)Nc1ccc(F)c(C#N)c1. The predicted octanol–water partition coefficient (Wildman–Crippen LogP) is 3.44. The molecule has 1 atom stereocenters. The Morgan fingerprint density at radius 1 is 1.17 bits per heavy atom. The Morgan fingerprint density at radius 2 is 1.83 bits per heavy atom. The summed E-state index contributed by atoms with van der Waals surface area (Å²) in [7, 11) is 1.42. The number of nitriles is 1. The summed E-state index contributed by atoms with van der Waals surface area (Å²) in [5.41, 5.74) is -0.589. The van der Waals surface area contributed by atoms with Crippen LogP contribution in [0.25, 0.3) is 10.8 Å². The number of hydrogen-bond donors (Lipinski definition) is 2. The van der Waals surface area contributed by atoms with Crippen molar-refractivity contribution in [2.45, 2.75) is 13.0 Å². The first-order chi connectivity index (χ1) is 13.7. The standard InChI is InChI=1S/C19H14F3N5O2/c1-9(17-12-6-15(21)16(22)7-13(12)18(28)26-25-17)27(2)19(29)24-11-3-4-14(20)10(5-11)8-23/h3-7,9H,1-2H3,(H,24,29)(H,26,28)/t9-/m0/s1. The molecule has 29 heavy (non-hydrogen) atoms. The van der Waals surface area contributed by atoms with Gasteiger partial charge in [-0.15, -0.1) is 0 Å². The minimum atomic E-state index is -1.18. The Bertz CT molecular complexity index is 1220. The lowest BCUT2D eigenvalue weighted by molar-refractivity contribution is 0.207. The lowest BCUT2D eigenvalue weighted by Gasteiger charge is -2.25. The highest BCUT2D eigenvalue weighted by molar-refractivity contribution is 5.90. The number of nitrogens with zero attached hydrogens (tertiary/aromatic N) is 3. The summed E-state index contributed by atoms with van der Waals surface area (Å²) in [5.74, 6) is -3.05. The van der Waals surface area contributed by atoms with E-state index in [-0.39, 0.29) is 27.7 Å². The van der Waals surface area contributed by atoms with Crippen molar-refractivity contribution in [2.24, 2.45) is 0 Å². The van der Waals surface area contributed by atoms with Crippen LogP contribution in [-0.4, -0.2) is 28.2 Å². The Morgan fingerprint density at radius 3 is 2.48 bits per heavy atom. The van der Waals surface area contributed by atoms with Crippen LogP contribution in [0, 0.1) is 28.8 Å². The van der Waals surface area contributed by atoms with Crippen LogP contribution in [-0.2, 0) is 0 Å². The molecule has 0 bridgehead atoms. The van der Waals surface area contributed by atoms with Crippen LogP contribution in [0.4, 0.5) is 23.7 Å². The molecule has 0 unspecified atom stereocenters. The Balaban J connectivity index is 1.92. The zero-order chi connectivity index (χ0) is 21.3. The van der Waals surface area contributed by atoms with Crippen molar-refractivity contribution in [1.82, 2.24) is 15.1 Å². The molecule has 148 valence electrons. The van der Waals surface area contributed by atoms with Crippen molar-refractivity contribution in [1.29, 1.82) is 5.26 Å². The van der Waals surface area contributed by atoms with E-state index >= 15 is 0 Å². The molecule has 3 rings (SSSR count). The van der Waals surface area contributed by atoms with Crippen molar-refractivity contribution in [3.63, 3.8) is 0 Å². The van der Waals surface area contributed by atoms with Crippen molar-refractivity contribution in [3.05, 3.63) is 69.4 Å². The Labute approximate surface area is 162 Å². The zero-order valence-electron chi connectivity index (χ0n) is 15.3. The molecule has 2 aromatic carbocycles. The van der Waals surface area contributed by atoms with Crippen molar-refractivity contribution in [3.8, 4) is 6.07 Å². The van der Waals surface area contributed by atoms with Gasteiger partial charge in [0, 0.05) is 18.1 Å². The second-order valence-electron chi connectivity index (χ2n) is 6.27. The summed E-state index contributed by atoms with van der Waals surface area (Å²) in [6.07, 6.45) is 0. The highest BCUT2D eigenvalue weighted by atomic mass is 19.2. The third-order valence-electron chi connectivity index (χ3n) is 4.49. The lowest BCUT2D eigenvalue weighted by atomic mass is 10.1. The normalized spacial score (nSPS) is 11.7. The van der Waals surface area contributed by atoms with Gasteiger partial charge in [-0.3, -0.25) is 4.79 Å². The quantitative estimate of drug-likeness (QED) is 0.702. The maximum absolute atomic E-state index is 13.7. The smallest absolute Gasteiger partial charge is 0.319 e. The first-order valence-corrected chi connectivity index (χ1v) is 8.33. The summed E-state index contributed by atoms with van der Waals surface area (Å²) < 4.78 is 40.6. The number of anilines is 1. The zero-order valence-corrected chi connectivity index (χ0v) is 15.3. The average Bonchev–Trinajstić information content (AvgIpc) is 2.70. The number of urea groups is 1. The van der Waals surface area contributed by atoms with Crippen LogP contribution in [0.3, 0.4) is 0 Å². The molecule has 0 aliphatic rings. The van der Waals surface area contributed by atoms with Crippen LogP contribution < -0.4 is 10.9 Å². The molecule has 0 aliphatic heterocycles. The monoisotopic (exact) mass is 401 g/mol. The fraction of sp³-hybridized carbons (Fsp3) is 0.158. The van der Waals surface area contributed by atoms with Gasteiger partial charge in [-0.25, -0.2) is 23.1 Å². The summed E-state index contributed by atoms with van der Waals surface area (Å²) in [6, 6.07) is 5.42. The third kappa shape index (κ3) is 3.75. The molecule has 1 aromatic heterocycles. The predicted molar refractivity (Wildman–Crippen MR) is 98.6 cm³/mol. The first-order valence-electron chi connectivity index (χ1n) is 8.33. The molecule has 7 nitrogen and oxygen atoms in total. The fourth-order valence-electron chi connectivity index (χ4n) is 2.76. The Hall–Kier alpha value is -3.87.